The van der Waals surface area contributed by atoms with Gasteiger partial charge in [-0.05, 0) is 97.8 Å². The number of hydrogen-bond donors (Lipinski definition) is 1. The number of likely N-dealkylation sites (tertiary alicyclic amines) is 1. The number of carbonyl (C=O) groups excluding carboxylic acids is 1. The number of benzene rings is 3. The standard InChI is InChI=1S/C29H33ClN2O2/c1-20-7-9-26(15-21(20)2)29(33)31-18-22-5-4-6-25(16-22)24-11-13-32(14-12-24)19-23-8-10-28(34-3)27(30)17-23/h4-10,15-17,24H,11-14,18-19H2,1-3H3,(H,31,33). The smallest absolute Gasteiger partial charge is 0.251 e. The number of nitrogens with zero attached hydrogens (tertiary/aromatic N) is 1. The molecule has 0 aromatic heterocycles. The third-order valence-electron chi connectivity index (χ3n) is 6.85. The number of carbonyl (C=O) groups is 1. The second-order valence-corrected chi connectivity index (χ2v) is 9.65. The molecule has 0 bridgehead atoms. The molecule has 4 rings (SSSR count). The van der Waals surface area contributed by atoms with Crippen LogP contribution in [0.15, 0.2) is 60.7 Å². The van der Waals surface area contributed by atoms with E-state index in [1.54, 1.807) is 7.11 Å². The highest BCUT2D eigenvalue weighted by molar-refractivity contribution is 6.32. The van der Waals surface area contributed by atoms with Crippen LogP contribution in [0, 0.1) is 13.8 Å². The van der Waals surface area contributed by atoms with Gasteiger partial charge in [-0.2, -0.15) is 0 Å². The summed E-state index contributed by atoms with van der Waals surface area (Å²) in [5.41, 5.74) is 6.77. The molecule has 34 heavy (non-hydrogen) atoms. The van der Waals surface area contributed by atoms with Gasteiger partial charge in [0.2, 0.25) is 0 Å². The summed E-state index contributed by atoms with van der Waals surface area (Å²) < 4.78 is 5.26. The fourth-order valence-electron chi connectivity index (χ4n) is 4.61. The molecular weight excluding hydrogens is 444 g/mol. The molecule has 1 amide bonds. The zero-order valence-electron chi connectivity index (χ0n) is 20.2. The monoisotopic (exact) mass is 476 g/mol. The van der Waals surface area contributed by atoms with E-state index in [0.717, 1.165) is 43.6 Å². The van der Waals surface area contributed by atoms with Crippen LogP contribution in [-0.2, 0) is 13.1 Å². The minimum Gasteiger partial charge on any atom is -0.495 e. The van der Waals surface area contributed by atoms with Crippen LogP contribution in [-0.4, -0.2) is 31.0 Å². The topological polar surface area (TPSA) is 41.6 Å². The van der Waals surface area contributed by atoms with Crippen LogP contribution in [0.1, 0.15) is 56.9 Å². The molecule has 5 heteroatoms. The lowest BCUT2D eigenvalue weighted by molar-refractivity contribution is 0.0951. The van der Waals surface area contributed by atoms with Crippen molar-refractivity contribution < 1.29 is 9.53 Å². The summed E-state index contributed by atoms with van der Waals surface area (Å²) in [5.74, 6) is 1.24. The molecule has 0 unspecified atom stereocenters. The molecule has 3 aromatic carbocycles. The van der Waals surface area contributed by atoms with Gasteiger partial charge in [-0.3, -0.25) is 9.69 Å². The van der Waals surface area contributed by atoms with Crippen molar-refractivity contribution in [1.82, 2.24) is 10.2 Å². The molecule has 1 heterocycles. The van der Waals surface area contributed by atoms with Crippen LogP contribution < -0.4 is 10.1 Å². The second kappa shape index (κ2) is 11.1. The highest BCUT2D eigenvalue weighted by atomic mass is 35.5. The van der Waals surface area contributed by atoms with Crippen LogP contribution in [0.3, 0.4) is 0 Å². The Morgan fingerprint density at radius 1 is 1.00 bits per heavy atom. The first-order valence-electron chi connectivity index (χ1n) is 11.9. The molecule has 0 radical (unpaired) electrons. The zero-order valence-corrected chi connectivity index (χ0v) is 21.0. The lowest BCUT2D eigenvalue weighted by Gasteiger charge is -2.32. The molecular formula is C29H33ClN2O2. The maximum absolute atomic E-state index is 12.6. The first kappa shape index (κ1) is 24.3. The van der Waals surface area contributed by atoms with E-state index in [0.29, 0.717) is 28.8 Å². The number of ether oxygens (including phenoxy) is 1. The van der Waals surface area contributed by atoms with Crippen LogP contribution in [0.5, 0.6) is 5.75 Å². The predicted molar refractivity (Wildman–Crippen MR) is 139 cm³/mol. The van der Waals surface area contributed by atoms with Crippen molar-refractivity contribution in [3.8, 4) is 5.75 Å². The highest BCUT2D eigenvalue weighted by Gasteiger charge is 2.21. The second-order valence-electron chi connectivity index (χ2n) is 9.25. The van der Waals surface area contributed by atoms with E-state index in [9.17, 15) is 4.79 Å². The first-order valence-corrected chi connectivity index (χ1v) is 12.3. The average molecular weight is 477 g/mol. The molecule has 3 aromatic rings. The number of piperidine rings is 1. The fraction of sp³-hybridized carbons (Fsp3) is 0.345. The van der Waals surface area contributed by atoms with E-state index in [1.165, 1.54) is 16.7 Å². The van der Waals surface area contributed by atoms with E-state index < -0.39 is 0 Å². The first-order chi connectivity index (χ1) is 16.4. The van der Waals surface area contributed by atoms with Gasteiger partial charge in [-0.25, -0.2) is 0 Å². The van der Waals surface area contributed by atoms with Crippen molar-refractivity contribution in [3.05, 3.63) is 99.1 Å². The van der Waals surface area contributed by atoms with Gasteiger partial charge in [-0.15, -0.1) is 0 Å². The van der Waals surface area contributed by atoms with E-state index in [-0.39, 0.29) is 5.91 Å². The van der Waals surface area contributed by atoms with Crippen LogP contribution in [0.4, 0.5) is 0 Å². The van der Waals surface area contributed by atoms with E-state index >= 15 is 0 Å². The number of methoxy groups -OCH3 is 1. The van der Waals surface area contributed by atoms with Gasteiger partial charge >= 0.3 is 0 Å². The Bertz CT molecular complexity index is 1150. The lowest BCUT2D eigenvalue weighted by atomic mass is 9.88. The Morgan fingerprint density at radius 2 is 1.79 bits per heavy atom. The Morgan fingerprint density at radius 3 is 2.50 bits per heavy atom. The van der Waals surface area contributed by atoms with Crippen molar-refractivity contribution in [3.63, 3.8) is 0 Å². The van der Waals surface area contributed by atoms with Gasteiger partial charge in [0, 0.05) is 18.7 Å². The van der Waals surface area contributed by atoms with Gasteiger partial charge in [0.05, 0.1) is 12.1 Å². The number of aryl methyl sites for hydroxylation is 2. The highest BCUT2D eigenvalue weighted by Crippen LogP contribution is 2.30. The minimum absolute atomic E-state index is 0.0274. The summed E-state index contributed by atoms with van der Waals surface area (Å²) in [7, 11) is 1.64. The molecule has 0 spiro atoms. The van der Waals surface area contributed by atoms with Gasteiger partial charge in [0.1, 0.15) is 5.75 Å². The summed E-state index contributed by atoms with van der Waals surface area (Å²) in [5, 5.41) is 3.74. The summed E-state index contributed by atoms with van der Waals surface area (Å²) >= 11 is 6.29. The Balaban J connectivity index is 1.30. The summed E-state index contributed by atoms with van der Waals surface area (Å²) in [6, 6.07) is 20.5. The molecule has 0 aliphatic carbocycles. The maximum Gasteiger partial charge on any atom is 0.251 e. The molecule has 1 saturated heterocycles. The Labute approximate surface area is 207 Å². The molecule has 0 atom stereocenters. The summed E-state index contributed by atoms with van der Waals surface area (Å²) in [6.07, 6.45) is 2.25. The summed E-state index contributed by atoms with van der Waals surface area (Å²) in [6.45, 7) is 7.65. The quantitative estimate of drug-likeness (QED) is 0.436. The Kier molecular flexibility index (Phi) is 7.91. The van der Waals surface area contributed by atoms with Gasteiger partial charge in [-0.1, -0.05) is 48.0 Å². The third kappa shape index (κ3) is 5.99. The van der Waals surface area contributed by atoms with Gasteiger partial charge in [0.25, 0.3) is 5.91 Å². The third-order valence-corrected chi connectivity index (χ3v) is 7.15. The van der Waals surface area contributed by atoms with E-state index in [2.05, 4.69) is 47.5 Å². The van der Waals surface area contributed by atoms with Crippen LogP contribution in [0.25, 0.3) is 0 Å². The number of rotatable bonds is 7. The fourth-order valence-corrected chi connectivity index (χ4v) is 4.90. The lowest BCUT2D eigenvalue weighted by Crippen LogP contribution is -2.32. The normalized spacial score (nSPS) is 14.7. The molecule has 4 nitrogen and oxygen atoms in total. The Hall–Kier alpha value is -2.82. The summed E-state index contributed by atoms with van der Waals surface area (Å²) in [4.78, 5) is 15.1. The largest absolute Gasteiger partial charge is 0.495 e. The van der Waals surface area contributed by atoms with Crippen molar-refractivity contribution in [2.45, 2.75) is 45.7 Å². The predicted octanol–water partition coefficient (Wildman–Crippen LogP) is 6.28. The van der Waals surface area contributed by atoms with Crippen molar-refractivity contribution in [2.24, 2.45) is 0 Å². The number of amides is 1. The van der Waals surface area contributed by atoms with E-state index in [1.807, 2.05) is 37.3 Å². The maximum atomic E-state index is 12.6. The molecule has 1 N–H and O–H groups in total. The number of nitrogens with one attached hydrogen (secondary N) is 1. The average Bonchev–Trinajstić information content (AvgIpc) is 2.85. The molecule has 1 fully saturated rings. The molecule has 178 valence electrons. The van der Waals surface area contributed by atoms with Crippen LogP contribution in [0.2, 0.25) is 5.02 Å². The number of halogens is 1. The van der Waals surface area contributed by atoms with Crippen molar-refractivity contribution in [1.29, 1.82) is 0 Å². The molecule has 1 aliphatic heterocycles. The van der Waals surface area contributed by atoms with Crippen LogP contribution >= 0.6 is 11.6 Å². The minimum atomic E-state index is -0.0274. The number of hydrogen-bond acceptors (Lipinski definition) is 3. The van der Waals surface area contributed by atoms with Crippen molar-refractivity contribution >= 4 is 17.5 Å². The molecule has 1 aliphatic rings. The van der Waals surface area contributed by atoms with Gasteiger partial charge in [0.15, 0.2) is 0 Å². The zero-order chi connectivity index (χ0) is 24.1. The van der Waals surface area contributed by atoms with Gasteiger partial charge < -0.3 is 10.1 Å². The van der Waals surface area contributed by atoms with E-state index in [4.69, 9.17) is 16.3 Å². The SMILES string of the molecule is COc1ccc(CN2CCC(c3cccc(CNC(=O)c4ccc(C)c(C)c4)c3)CC2)cc1Cl. The molecule has 0 saturated carbocycles. The van der Waals surface area contributed by atoms with Crippen molar-refractivity contribution in [2.75, 3.05) is 20.2 Å².